The lowest BCUT2D eigenvalue weighted by Gasteiger charge is -2.10. The molecule has 3 rings (SSSR count). The molecule has 28 heavy (non-hydrogen) atoms. The monoisotopic (exact) mass is 411 g/mol. The van der Waals surface area contributed by atoms with E-state index in [0.29, 0.717) is 0 Å². The number of nitrogens with two attached hydrogens (primary N) is 1. The molecular weight excluding hydrogens is 386 g/mol. The molecule has 0 aliphatic carbocycles. The summed E-state index contributed by atoms with van der Waals surface area (Å²) in [6, 6.07) is 0.921. The van der Waals surface area contributed by atoms with Crippen LogP contribution in [-0.2, 0) is 39.1 Å². The van der Waals surface area contributed by atoms with Crippen LogP contribution in [0.15, 0.2) is 66.1 Å². The minimum absolute atomic E-state index is 0.00526. The molecule has 146 valence electrons. The van der Waals surface area contributed by atoms with Crippen LogP contribution < -0.4 is 5.73 Å². The van der Waals surface area contributed by atoms with Crippen molar-refractivity contribution in [2.45, 2.75) is 18.7 Å². The van der Waals surface area contributed by atoms with Crippen molar-refractivity contribution < 1.29 is 42.7 Å². The molecule has 0 saturated carbocycles. The van der Waals surface area contributed by atoms with Gasteiger partial charge in [-0.1, -0.05) is 60.0 Å². The molecule has 1 heterocycles. The highest BCUT2D eigenvalue weighted by molar-refractivity contribution is 7.86. The van der Waals surface area contributed by atoms with Crippen molar-refractivity contribution in [1.82, 2.24) is 0 Å². The van der Waals surface area contributed by atoms with Crippen LogP contribution in [0.25, 0.3) is 0 Å². The largest absolute Gasteiger partial charge is 0.460 e. The Kier molecular flexibility index (Phi) is 3.89. The third kappa shape index (κ3) is 5.29. The zero-order chi connectivity index (χ0) is 27.8. The lowest BCUT2D eigenvalue weighted by molar-refractivity contribution is -0.191. The van der Waals surface area contributed by atoms with Crippen LogP contribution >= 0.6 is 0 Å². The van der Waals surface area contributed by atoms with Gasteiger partial charge >= 0.3 is 16.3 Å². The molecule has 0 saturated heterocycles. The SMILES string of the molecule is O=C=O.[2H]c1c([2H])c([2H])c(C([2H])([2H])S(=O)(=O)OC2=C(N)O[C@]([2H])(c3ccc(C)cc3)C2=O)c([2H])c1[2H]. The van der Waals surface area contributed by atoms with E-state index in [0.717, 1.165) is 5.56 Å². The molecule has 0 amide bonds. The summed E-state index contributed by atoms with van der Waals surface area (Å²) >= 11 is 0. The fourth-order valence-electron chi connectivity index (χ4n) is 1.95. The molecule has 0 unspecified atom stereocenters. The van der Waals surface area contributed by atoms with Crippen LogP contribution in [0, 0.1) is 6.92 Å². The third-order valence-corrected chi connectivity index (χ3v) is 3.92. The average molecular weight is 411 g/mol. The molecule has 0 fully saturated rings. The summed E-state index contributed by atoms with van der Waals surface area (Å²) in [5, 5.41) is 0. The van der Waals surface area contributed by atoms with Gasteiger partial charge < -0.3 is 14.7 Å². The van der Waals surface area contributed by atoms with E-state index >= 15 is 0 Å². The van der Waals surface area contributed by atoms with E-state index in [1.807, 2.05) is 0 Å². The zero-order valence-corrected chi connectivity index (χ0v) is 15.0. The van der Waals surface area contributed by atoms with Gasteiger partial charge in [-0.15, -0.1) is 0 Å². The Morgan fingerprint density at radius 3 is 2.39 bits per heavy atom. The molecule has 2 N–H and O–H groups in total. The molecule has 0 bridgehead atoms. The van der Waals surface area contributed by atoms with E-state index < -0.39 is 75.1 Å². The first kappa shape index (κ1) is 12.1. The van der Waals surface area contributed by atoms with Crippen LogP contribution in [0.2, 0.25) is 0 Å². The Balaban J connectivity index is 0.00000145. The molecule has 0 radical (unpaired) electrons. The molecule has 1 atom stereocenters. The number of rotatable bonds is 5. The van der Waals surface area contributed by atoms with Crippen molar-refractivity contribution >= 4 is 22.1 Å². The van der Waals surface area contributed by atoms with E-state index in [9.17, 15) is 13.2 Å². The van der Waals surface area contributed by atoms with Crippen LogP contribution in [0.1, 0.15) is 33.7 Å². The molecule has 0 spiro atoms. The van der Waals surface area contributed by atoms with Gasteiger partial charge in [0.25, 0.3) is 0 Å². The second-order valence-corrected chi connectivity index (χ2v) is 6.32. The quantitative estimate of drug-likeness (QED) is 0.736. The average Bonchev–Trinajstić information content (AvgIpc) is 3.00. The van der Waals surface area contributed by atoms with Crippen molar-refractivity contribution in [3.8, 4) is 0 Å². The van der Waals surface area contributed by atoms with E-state index in [2.05, 4.69) is 4.18 Å². The van der Waals surface area contributed by atoms with Crippen LogP contribution in [0.4, 0.5) is 0 Å². The highest BCUT2D eigenvalue weighted by Crippen LogP contribution is 2.32. The molecule has 9 heteroatoms. The number of ether oxygens (including phenoxy) is 1. The van der Waals surface area contributed by atoms with Gasteiger partial charge in [0.05, 0.1) is 11.0 Å². The first-order valence-corrected chi connectivity index (χ1v) is 8.70. The van der Waals surface area contributed by atoms with Gasteiger partial charge in [0.1, 0.15) is 5.70 Å². The first-order chi connectivity index (χ1) is 16.5. The number of carbonyl (C=O) groups excluding carboxylic acids is 3. The Morgan fingerprint density at radius 2 is 1.82 bits per heavy atom. The minimum atomic E-state index is -5.55. The summed E-state index contributed by atoms with van der Waals surface area (Å²) in [5.41, 5.74) is 1.47. The topological polar surface area (TPSA) is 130 Å². The number of benzene rings is 2. The van der Waals surface area contributed by atoms with Gasteiger partial charge in [-0.2, -0.15) is 18.0 Å². The highest BCUT2D eigenvalue weighted by Gasteiger charge is 2.39. The summed E-state index contributed by atoms with van der Waals surface area (Å²) in [7, 11) is -5.55. The van der Waals surface area contributed by atoms with Crippen molar-refractivity contribution in [3.63, 3.8) is 0 Å². The van der Waals surface area contributed by atoms with Gasteiger partial charge in [-0.25, -0.2) is 0 Å². The normalized spacial score (nSPS) is 23.1. The van der Waals surface area contributed by atoms with Crippen LogP contribution in [0.5, 0.6) is 0 Å². The maximum atomic E-state index is 12.8. The summed E-state index contributed by atoms with van der Waals surface area (Å²) < 4.78 is 98.2. The number of aryl methyl sites for hydroxylation is 1. The van der Waals surface area contributed by atoms with Crippen molar-refractivity contribution in [2.75, 3.05) is 0 Å². The molecule has 8 nitrogen and oxygen atoms in total. The fraction of sp³-hybridized carbons (Fsp3) is 0.158. The van der Waals surface area contributed by atoms with Gasteiger partial charge in [-0.3, -0.25) is 4.79 Å². The van der Waals surface area contributed by atoms with E-state index in [1.54, 1.807) is 19.1 Å². The summed E-state index contributed by atoms with van der Waals surface area (Å²) in [6.45, 7) is 1.76. The summed E-state index contributed by atoms with van der Waals surface area (Å²) in [6.07, 6.45) is -2.24. The maximum absolute atomic E-state index is 12.8. The summed E-state index contributed by atoms with van der Waals surface area (Å²) in [5.74, 6) is -3.39. The number of hydrogen-bond donors (Lipinski definition) is 1. The predicted molar refractivity (Wildman–Crippen MR) is 96.4 cm³/mol. The predicted octanol–water partition coefficient (Wildman–Crippen LogP) is 1.73. The standard InChI is InChI=1S/C18H17NO5S.CO2/c1-12-7-9-14(10-8-12)16-15(20)17(18(19)23-16)24-25(21,22)11-13-5-3-2-4-6-13;2-1-3/h2-10,16H,11,19H2,1H3;/t16-;/m1./s1/i2D,3D,4D,5D,6D,11D2,16D;. The van der Waals surface area contributed by atoms with Crippen LogP contribution in [0.3, 0.4) is 0 Å². The van der Waals surface area contributed by atoms with Gasteiger partial charge in [0, 0.05) is 5.56 Å². The van der Waals surface area contributed by atoms with Gasteiger partial charge in [-0.05, 0) is 12.5 Å². The Labute approximate surface area is 172 Å². The molecular formula is C19H17NO7S. The second-order valence-electron chi connectivity index (χ2n) is 5.04. The van der Waals surface area contributed by atoms with Gasteiger partial charge in [0.15, 0.2) is 6.08 Å². The number of ketones is 1. The number of carbonyl (C=O) groups is 1. The fourth-order valence-corrected chi connectivity index (χ4v) is 2.72. The zero-order valence-electron chi connectivity index (χ0n) is 22.2. The Morgan fingerprint density at radius 1 is 1.25 bits per heavy atom. The van der Waals surface area contributed by atoms with Crippen molar-refractivity contribution in [2.24, 2.45) is 5.73 Å². The third-order valence-electron chi connectivity index (χ3n) is 3.08. The molecule has 1 aliphatic rings. The Hall–Kier alpha value is -3.42. The van der Waals surface area contributed by atoms with E-state index in [1.165, 1.54) is 12.1 Å². The van der Waals surface area contributed by atoms with Gasteiger partial charge in [0.2, 0.25) is 17.4 Å². The Bertz CT molecular complexity index is 1370. The first-order valence-electron chi connectivity index (χ1n) is 11.3. The highest BCUT2D eigenvalue weighted by atomic mass is 32.2. The maximum Gasteiger partial charge on any atom is 0.373 e. The second kappa shape index (κ2) is 8.98. The van der Waals surface area contributed by atoms with E-state index in [-0.39, 0.29) is 11.7 Å². The minimum Gasteiger partial charge on any atom is -0.460 e. The molecule has 1 aliphatic heterocycles. The molecule has 2 aromatic carbocycles. The molecule has 2 aromatic rings. The molecule has 0 aromatic heterocycles. The lowest BCUT2D eigenvalue weighted by Crippen LogP contribution is -2.16. The van der Waals surface area contributed by atoms with E-state index in [4.69, 9.17) is 31.0 Å². The van der Waals surface area contributed by atoms with Crippen molar-refractivity contribution in [3.05, 3.63) is 82.8 Å². The number of hydrogen-bond acceptors (Lipinski definition) is 8. The van der Waals surface area contributed by atoms with Crippen LogP contribution in [-0.4, -0.2) is 20.4 Å². The summed E-state index contributed by atoms with van der Waals surface area (Å²) in [4.78, 5) is 29.1. The number of Topliss-reactive ketones (excluding diaryl/α,β-unsaturated/α-hetero) is 1. The van der Waals surface area contributed by atoms with Crippen molar-refractivity contribution in [1.29, 1.82) is 0 Å². The lowest BCUT2D eigenvalue weighted by atomic mass is 10.0. The smallest absolute Gasteiger partial charge is 0.373 e.